The molecule has 0 aliphatic carbocycles. The van der Waals surface area contributed by atoms with Crippen LogP contribution in [0.5, 0.6) is 0 Å². The molecule has 2 radical (unpaired) electrons. The minimum atomic E-state index is -0.943. The van der Waals surface area contributed by atoms with Crippen molar-refractivity contribution in [1.82, 2.24) is 14.1 Å². The number of esters is 2. The van der Waals surface area contributed by atoms with Gasteiger partial charge < -0.3 is 14.6 Å². The van der Waals surface area contributed by atoms with Gasteiger partial charge in [0.05, 0.1) is 25.0 Å². The lowest BCUT2D eigenvalue weighted by Crippen LogP contribution is -2.50. The molecule has 2 unspecified atom stereocenters. The summed E-state index contributed by atoms with van der Waals surface area (Å²) in [4.78, 5) is 62.8. The highest BCUT2D eigenvalue weighted by Gasteiger charge is 2.16. The third kappa shape index (κ3) is 10.6. The van der Waals surface area contributed by atoms with Gasteiger partial charge in [-0.05, 0) is 59.3 Å². The second-order valence-electron chi connectivity index (χ2n) is 7.93. The van der Waals surface area contributed by atoms with Gasteiger partial charge in [-0.3, -0.25) is 14.6 Å². The number of aliphatic hydroxyl groups excluding tert-OH is 1. The number of ether oxygens (including phenoxy) is 2. The van der Waals surface area contributed by atoms with Gasteiger partial charge in [-0.1, -0.05) is 6.42 Å². The van der Waals surface area contributed by atoms with Gasteiger partial charge in [0.15, 0.2) is 0 Å². The highest BCUT2D eigenvalue weighted by Crippen LogP contribution is 2.07. The summed E-state index contributed by atoms with van der Waals surface area (Å²) in [6, 6.07) is 0. The Balaban J connectivity index is 2.68. The monoisotopic (exact) mass is 469 g/mol. The number of rotatable bonds is 16. The van der Waals surface area contributed by atoms with Crippen LogP contribution in [0.2, 0.25) is 0 Å². The predicted molar refractivity (Wildman–Crippen MR) is 120 cm³/mol. The van der Waals surface area contributed by atoms with E-state index < -0.39 is 29.0 Å². The number of nitrogens with zero attached hydrogens (tertiary/aromatic N) is 2. The van der Waals surface area contributed by atoms with E-state index in [-0.39, 0.29) is 44.7 Å². The Morgan fingerprint density at radius 2 is 1.33 bits per heavy atom. The highest BCUT2D eigenvalue weighted by molar-refractivity contribution is 5.69. The second kappa shape index (κ2) is 15.2. The molecule has 0 saturated heterocycles. The lowest BCUT2D eigenvalue weighted by atomic mass is 10.1. The third-order valence-corrected chi connectivity index (χ3v) is 4.99. The minimum Gasteiger partial charge on any atom is -0.463 e. The van der Waals surface area contributed by atoms with Crippen molar-refractivity contribution in [1.29, 1.82) is 0 Å². The van der Waals surface area contributed by atoms with E-state index in [9.17, 15) is 24.0 Å². The molecule has 1 aromatic rings. The standard InChI is InChI=1S/C22H35N3O8/c1-4-5-6-9-16(2)32-18(27)11-13-24-20(29)23-21(30)25(22(24)31)14-12-19(28)33-17(3)10-7-8-15-26/h1,16-17,26H,4-15H2,2-3H3,(H,23,29,30). The normalized spacial score (nSPS) is 12.8. The molecule has 0 aromatic carbocycles. The van der Waals surface area contributed by atoms with Gasteiger partial charge in [0, 0.05) is 19.7 Å². The molecule has 0 amide bonds. The van der Waals surface area contributed by atoms with Crippen molar-refractivity contribution in [3.63, 3.8) is 0 Å². The fraction of sp³-hybridized carbons (Fsp3) is 0.727. The largest absolute Gasteiger partial charge is 0.463 e. The molecule has 11 heteroatoms. The van der Waals surface area contributed by atoms with Gasteiger partial charge in [0.2, 0.25) is 0 Å². The molecule has 2 atom stereocenters. The molecule has 0 spiro atoms. The van der Waals surface area contributed by atoms with E-state index in [2.05, 4.69) is 0 Å². The van der Waals surface area contributed by atoms with Gasteiger partial charge in [-0.15, -0.1) is 0 Å². The van der Waals surface area contributed by atoms with Crippen LogP contribution < -0.4 is 17.1 Å². The number of carbonyl (C=O) groups excluding carboxylic acids is 2. The number of nitrogens with one attached hydrogen (secondary N) is 1. The van der Waals surface area contributed by atoms with Crippen molar-refractivity contribution in [2.45, 2.75) is 96.9 Å². The summed E-state index contributed by atoms with van der Waals surface area (Å²) < 4.78 is 11.9. The van der Waals surface area contributed by atoms with Crippen molar-refractivity contribution < 1.29 is 24.2 Å². The molecule has 186 valence electrons. The summed E-state index contributed by atoms with van der Waals surface area (Å²) in [6.45, 7) is 8.41. The average Bonchev–Trinajstić information content (AvgIpc) is 2.73. The number of aliphatic hydroxyl groups is 1. The molecular formula is C22H35N3O8. The fourth-order valence-corrected chi connectivity index (χ4v) is 3.15. The smallest absolute Gasteiger partial charge is 0.336 e. The number of aromatic nitrogens is 3. The van der Waals surface area contributed by atoms with Crippen LogP contribution >= 0.6 is 0 Å². The molecule has 0 fully saturated rings. The van der Waals surface area contributed by atoms with E-state index in [1.807, 2.05) is 4.98 Å². The molecule has 0 bridgehead atoms. The maximum Gasteiger partial charge on any atom is 0.336 e. The first-order valence-electron chi connectivity index (χ1n) is 11.3. The summed E-state index contributed by atoms with van der Waals surface area (Å²) in [5.41, 5.74) is -2.80. The number of aromatic amines is 1. The Morgan fingerprint density at radius 3 is 1.76 bits per heavy atom. The summed E-state index contributed by atoms with van der Waals surface area (Å²) in [5.74, 6) is -1.17. The van der Waals surface area contributed by atoms with E-state index in [1.165, 1.54) is 0 Å². The van der Waals surface area contributed by atoms with Crippen molar-refractivity contribution >= 4 is 11.9 Å². The molecule has 1 heterocycles. The number of hydrogen-bond donors (Lipinski definition) is 2. The second-order valence-corrected chi connectivity index (χ2v) is 7.93. The van der Waals surface area contributed by atoms with E-state index >= 15 is 0 Å². The third-order valence-electron chi connectivity index (χ3n) is 4.99. The molecule has 11 nitrogen and oxygen atoms in total. The van der Waals surface area contributed by atoms with Crippen LogP contribution in [0.1, 0.15) is 71.6 Å². The van der Waals surface area contributed by atoms with E-state index in [4.69, 9.17) is 21.5 Å². The van der Waals surface area contributed by atoms with E-state index in [0.29, 0.717) is 32.1 Å². The summed E-state index contributed by atoms with van der Waals surface area (Å²) in [7, 11) is 0. The van der Waals surface area contributed by atoms with Crippen molar-refractivity contribution in [3.05, 3.63) is 38.4 Å². The minimum absolute atomic E-state index is 0.0631. The Bertz CT molecular complexity index is 848. The summed E-state index contributed by atoms with van der Waals surface area (Å²) in [6.07, 6.45) is 3.60. The maximum absolute atomic E-state index is 12.6. The van der Waals surface area contributed by atoms with E-state index in [1.54, 1.807) is 13.8 Å². The zero-order chi connectivity index (χ0) is 24.8. The van der Waals surface area contributed by atoms with Crippen LogP contribution in [0.4, 0.5) is 0 Å². The van der Waals surface area contributed by atoms with Gasteiger partial charge in [0.25, 0.3) is 0 Å². The molecule has 0 saturated carbocycles. The number of carbonyl (C=O) groups is 2. The van der Waals surface area contributed by atoms with Crippen LogP contribution in [0.25, 0.3) is 0 Å². The Labute approximate surface area is 192 Å². The Hall–Kier alpha value is -2.69. The molecule has 0 aliphatic heterocycles. The van der Waals surface area contributed by atoms with Crippen LogP contribution in [0.15, 0.2) is 14.4 Å². The molecule has 33 heavy (non-hydrogen) atoms. The molecule has 1 aromatic heterocycles. The average molecular weight is 470 g/mol. The van der Waals surface area contributed by atoms with Gasteiger partial charge in [-0.2, -0.15) is 0 Å². The Morgan fingerprint density at radius 1 is 0.879 bits per heavy atom. The first-order chi connectivity index (χ1) is 15.7. The van der Waals surface area contributed by atoms with Gasteiger partial charge >= 0.3 is 29.0 Å². The fourth-order valence-electron chi connectivity index (χ4n) is 3.15. The lowest BCUT2D eigenvalue weighted by molar-refractivity contribution is -0.149. The first kappa shape index (κ1) is 28.3. The summed E-state index contributed by atoms with van der Waals surface area (Å²) >= 11 is 0. The maximum atomic E-state index is 12.6. The number of H-pyrrole nitrogens is 1. The molecular weight excluding hydrogens is 434 g/mol. The van der Waals surface area contributed by atoms with Crippen molar-refractivity contribution in [3.8, 4) is 0 Å². The topological polar surface area (TPSA) is 150 Å². The Kier molecular flexibility index (Phi) is 13.1. The first-order valence-corrected chi connectivity index (χ1v) is 11.3. The summed E-state index contributed by atoms with van der Waals surface area (Å²) in [5, 5.41) is 8.79. The van der Waals surface area contributed by atoms with Crippen LogP contribution in [-0.2, 0) is 32.2 Å². The quantitative estimate of drug-likeness (QED) is 0.266. The van der Waals surface area contributed by atoms with Crippen molar-refractivity contribution in [2.75, 3.05) is 6.61 Å². The number of hydrogen-bond acceptors (Lipinski definition) is 8. The van der Waals surface area contributed by atoms with E-state index in [0.717, 1.165) is 22.0 Å². The van der Waals surface area contributed by atoms with Crippen LogP contribution in [0, 0.1) is 6.92 Å². The zero-order valence-electron chi connectivity index (χ0n) is 19.4. The number of unbranched alkanes of at least 4 members (excludes halogenated alkanes) is 3. The van der Waals surface area contributed by atoms with Crippen LogP contribution in [0.3, 0.4) is 0 Å². The zero-order valence-corrected chi connectivity index (χ0v) is 19.4. The predicted octanol–water partition coefficient (Wildman–Crippen LogP) is 0.776. The van der Waals surface area contributed by atoms with Gasteiger partial charge in [0.1, 0.15) is 0 Å². The van der Waals surface area contributed by atoms with Crippen molar-refractivity contribution in [2.24, 2.45) is 0 Å². The highest BCUT2D eigenvalue weighted by atomic mass is 16.5. The molecule has 1 rings (SSSR count). The SMILES string of the molecule is [CH]CCCCC(C)OC(=O)CCn1c(=O)[nH]c(=O)n(CCC(=O)OC(C)CCCCO)c1=O. The van der Waals surface area contributed by atoms with Gasteiger partial charge in [-0.25, -0.2) is 23.5 Å². The molecule has 0 aliphatic rings. The molecule has 2 N–H and O–H groups in total. The van der Waals surface area contributed by atoms with Crippen LogP contribution in [-0.4, -0.2) is 50.0 Å². The lowest BCUT2D eigenvalue weighted by Gasteiger charge is -2.14.